The summed E-state index contributed by atoms with van der Waals surface area (Å²) >= 11 is 0. The van der Waals surface area contributed by atoms with Gasteiger partial charge in [-0.1, -0.05) is 33.9 Å². The van der Waals surface area contributed by atoms with Crippen LogP contribution in [0, 0.1) is 5.41 Å². The van der Waals surface area contributed by atoms with Crippen LogP contribution in [0.2, 0.25) is 0 Å². The molecule has 0 fully saturated rings. The Kier molecular flexibility index (Phi) is 8.02. The normalized spacial score (nSPS) is 9.71. The molecule has 0 heterocycles. The Balaban J connectivity index is 0. The Morgan fingerprint density at radius 3 is 1.65 bits per heavy atom. The third-order valence-electron chi connectivity index (χ3n) is 1.35. The molecule has 0 amide bonds. The number of carboxylic acid groups (broad SMARTS) is 1. The molecule has 17 heavy (non-hydrogen) atoms. The fourth-order valence-corrected chi connectivity index (χ4v) is 0.405. The van der Waals surface area contributed by atoms with Crippen molar-refractivity contribution >= 4 is 11.9 Å². The fourth-order valence-electron chi connectivity index (χ4n) is 0.405. The van der Waals surface area contributed by atoms with E-state index in [1.165, 1.54) is 6.92 Å². The molecule has 0 radical (unpaired) electrons. The molecule has 0 bridgehead atoms. The van der Waals surface area contributed by atoms with Gasteiger partial charge in [0.25, 0.3) is 0 Å². The van der Waals surface area contributed by atoms with Crippen LogP contribution in [-0.2, 0) is 14.3 Å². The highest BCUT2D eigenvalue weighted by Crippen LogP contribution is 2.13. The number of rotatable bonds is 3. The molecule has 0 aromatic carbocycles. The molecule has 0 rings (SSSR count). The minimum atomic E-state index is -0.935. The van der Waals surface area contributed by atoms with Gasteiger partial charge < -0.3 is 9.84 Å². The first-order valence-electron chi connectivity index (χ1n) is 5.19. The second-order valence-electron chi connectivity index (χ2n) is 5.00. The zero-order valence-corrected chi connectivity index (χ0v) is 11.3. The van der Waals surface area contributed by atoms with E-state index in [-0.39, 0.29) is 17.0 Å². The van der Waals surface area contributed by atoms with Crippen LogP contribution in [0.4, 0.5) is 0 Å². The molecule has 4 nitrogen and oxygen atoms in total. The van der Waals surface area contributed by atoms with E-state index in [1.54, 1.807) is 6.92 Å². The molecule has 0 aromatic rings. The van der Waals surface area contributed by atoms with Gasteiger partial charge in [-0.25, -0.2) is 9.59 Å². The summed E-state index contributed by atoms with van der Waals surface area (Å²) in [6, 6.07) is 0. The Labute approximate surface area is 103 Å². The van der Waals surface area contributed by atoms with Gasteiger partial charge in [0.2, 0.25) is 0 Å². The van der Waals surface area contributed by atoms with Crippen molar-refractivity contribution in [1.82, 2.24) is 0 Å². The first-order chi connectivity index (χ1) is 7.47. The number of aliphatic carboxylic acids is 1. The molecule has 0 aliphatic rings. The van der Waals surface area contributed by atoms with Gasteiger partial charge in [0.05, 0.1) is 6.61 Å². The van der Waals surface area contributed by atoms with E-state index < -0.39 is 5.97 Å². The Hall–Kier alpha value is -1.58. The fraction of sp³-hybridized carbons (Fsp3) is 0.538. The van der Waals surface area contributed by atoms with Crippen LogP contribution in [0.5, 0.6) is 0 Å². The van der Waals surface area contributed by atoms with Crippen LogP contribution in [0.15, 0.2) is 24.3 Å². The predicted octanol–water partition coefficient (Wildman–Crippen LogP) is 2.80. The summed E-state index contributed by atoms with van der Waals surface area (Å²) in [5.41, 5.74) is 0.662. The molecule has 98 valence electrons. The van der Waals surface area contributed by atoms with E-state index in [4.69, 9.17) is 9.84 Å². The maximum atomic E-state index is 10.9. The van der Waals surface area contributed by atoms with Crippen molar-refractivity contribution in [3.8, 4) is 0 Å². The summed E-state index contributed by atoms with van der Waals surface area (Å²) in [4.78, 5) is 20.5. The van der Waals surface area contributed by atoms with Crippen molar-refractivity contribution in [2.75, 3.05) is 6.61 Å². The second-order valence-corrected chi connectivity index (χ2v) is 5.00. The summed E-state index contributed by atoms with van der Waals surface area (Å²) in [7, 11) is 0. The van der Waals surface area contributed by atoms with E-state index in [2.05, 4.69) is 13.2 Å². The van der Waals surface area contributed by atoms with Crippen molar-refractivity contribution in [1.29, 1.82) is 0 Å². The number of carboxylic acids is 1. The summed E-state index contributed by atoms with van der Waals surface area (Å²) in [5, 5.41) is 7.89. The minimum absolute atomic E-state index is 0.0328. The van der Waals surface area contributed by atoms with E-state index in [0.29, 0.717) is 12.2 Å². The Morgan fingerprint density at radius 1 is 1.12 bits per heavy atom. The highest BCUT2D eigenvalue weighted by Gasteiger charge is 2.13. The van der Waals surface area contributed by atoms with Crippen LogP contribution < -0.4 is 0 Å². The van der Waals surface area contributed by atoms with Crippen LogP contribution in [0.3, 0.4) is 0 Å². The molecule has 1 N–H and O–H groups in total. The lowest BCUT2D eigenvalue weighted by molar-refractivity contribution is -0.141. The molecule has 0 atom stereocenters. The molecule has 0 aromatic heterocycles. The average molecular weight is 242 g/mol. The second kappa shape index (κ2) is 7.65. The first kappa shape index (κ1) is 17.8. The largest absolute Gasteiger partial charge is 0.478 e. The lowest BCUT2D eigenvalue weighted by atomic mass is 9.99. The number of carbonyl (C=O) groups excluding carboxylic acids is 1. The van der Waals surface area contributed by atoms with Crippen molar-refractivity contribution < 1.29 is 19.4 Å². The number of hydrogen-bond donors (Lipinski definition) is 1. The Bertz CT molecular complexity index is 296. The van der Waals surface area contributed by atoms with Crippen LogP contribution in [0.25, 0.3) is 0 Å². The van der Waals surface area contributed by atoms with E-state index >= 15 is 0 Å². The molecule has 0 aliphatic carbocycles. The number of ether oxygens (including phenoxy) is 1. The van der Waals surface area contributed by atoms with E-state index in [0.717, 1.165) is 0 Å². The monoisotopic (exact) mass is 242 g/mol. The maximum absolute atomic E-state index is 10.9. The molecule has 0 saturated carbocycles. The van der Waals surface area contributed by atoms with Crippen LogP contribution in [0.1, 0.15) is 34.6 Å². The van der Waals surface area contributed by atoms with Crippen molar-refractivity contribution in [3.05, 3.63) is 24.3 Å². The van der Waals surface area contributed by atoms with Gasteiger partial charge in [0, 0.05) is 11.1 Å². The van der Waals surface area contributed by atoms with Gasteiger partial charge in [0.1, 0.15) is 0 Å². The van der Waals surface area contributed by atoms with Gasteiger partial charge >= 0.3 is 11.9 Å². The first-order valence-corrected chi connectivity index (χ1v) is 5.19. The average Bonchev–Trinajstić information content (AvgIpc) is 2.13. The number of carbonyl (C=O) groups is 2. The molecule has 4 heteroatoms. The third-order valence-corrected chi connectivity index (χ3v) is 1.35. The summed E-state index contributed by atoms with van der Waals surface area (Å²) in [5.74, 6) is -1.24. The lowest BCUT2D eigenvalue weighted by Crippen LogP contribution is -2.18. The molecular formula is C13H22O4. The van der Waals surface area contributed by atoms with Crippen molar-refractivity contribution in [2.24, 2.45) is 5.41 Å². The van der Waals surface area contributed by atoms with Gasteiger partial charge in [-0.2, -0.15) is 0 Å². The number of esters is 1. The topological polar surface area (TPSA) is 63.6 Å². The van der Waals surface area contributed by atoms with Crippen LogP contribution in [-0.4, -0.2) is 23.7 Å². The van der Waals surface area contributed by atoms with E-state index in [1.807, 2.05) is 20.8 Å². The zero-order chi connectivity index (χ0) is 14.2. The molecule has 0 saturated heterocycles. The third kappa shape index (κ3) is 14.4. The molecule has 0 spiro atoms. The Morgan fingerprint density at radius 2 is 1.47 bits per heavy atom. The highest BCUT2D eigenvalue weighted by molar-refractivity contribution is 5.86. The molecule has 0 unspecified atom stereocenters. The predicted molar refractivity (Wildman–Crippen MR) is 67.7 cm³/mol. The molecule has 0 aliphatic heterocycles. The van der Waals surface area contributed by atoms with Crippen molar-refractivity contribution in [3.63, 3.8) is 0 Å². The SMILES string of the molecule is C=C(C)C(=O)O.C=C(C)C(=O)OCC(C)(C)C. The smallest absolute Gasteiger partial charge is 0.333 e. The van der Waals surface area contributed by atoms with E-state index in [9.17, 15) is 9.59 Å². The van der Waals surface area contributed by atoms with Crippen molar-refractivity contribution in [2.45, 2.75) is 34.6 Å². The standard InChI is InChI=1S/C9H16O2.C4H6O2/c1-7(2)8(10)11-6-9(3,4)5;1-3(2)4(5)6/h1,6H2,2-5H3;1H2,2H3,(H,5,6). The van der Waals surface area contributed by atoms with Gasteiger partial charge in [-0.3, -0.25) is 0 Å². The van der Waals surface area contributed by atoms with Gasteiger partial charge in [0.15, 0.2) is 0 Å². The lowest BCUT2D eigenvalue weighted by Gasteiger charge is -2.17. The molecular weight excluding hydrogens is 220 g/mol. The van der Waals surface area contributed by atoms with Gasteiger partial charge in [-0.15, -0.1) is 0 Å². The highest BCUT2D eigenvalue weighted by atomic mass is 16.5. The quantitative estimate of drug-likeness (QED) is 0.610. The zero-order valence-electron chi connectivity index (χ0n) is 11.3. The minimum Gasteiger partial charge on any atom is -0.478 e. The van der Waals surface area contributed by atoms with Gasteiger partial charge in [-0.05, 0) is 19.3 Å². The summed E-state index contributed by atoms with van der Waals surface area (Å²) in [6.45, 7) is 16.2. The summed E-state index contributed by atoms with van der Waals surface area (Å²) < 4.78 is 4.93. The maximum Gasteiger partial charge on any atom is 0.333 e. The summed E-state index contributed by atoms with van der Waals surface area (Å²) in [6.07, 6.45) is 0. The number of hydrogen-bond acceptors (Lipinski definition) is 3. The van der Waals surface area contributed by atoms with Crippen LogP contribution >= 0.6 is 0 Å².